The number of rotatable bonds is 4. The van der Waals surface area contributed by atoms with E-state index in [0.29, 0.717) is 5.75 Å². The van der Waals surface area contributed by atoms with Gasteiger partial charge in [0.25, 0.3) is 0 Å². The fourth-order valence-corrected chi connectivity index (χ4v) is 1.72. The Bertz CT molecular complexity index is 374. The molecular weight excluding hydrogens is 191 g/mol. The van der Waals surface area contributed by atoms with Crippen LogP contribution in [0.2, 0.25) is 6.82 Å². The molecule has 0 spiro atoms. The number of hydrogen-bond donors (Lipinski definition) is 1. The number of hydrogen-bond acceptors (Lipinski definition) is 2. The van der Waals surface area contributed by atoms with E-state index in [1.807, 2.05) is 25.9 Å². The monoisotopic (exact) mass is 206 g/mol. The summed E-state index contributed by atoms with van der Waals surface area (Å²) in [5.41, 5.74) is 2.89. The normalized spacial score (nSPS) is 9.80. The molecule has 0 atom stereocenters. The number of methoxy groups -OCH3 is 1. The lowest BCUT2D eigenvalue weighted by Gasteiger charge is -2.12. The van der Waals surface area contributed by atoms with Crippen molar-refractivity contribution in [3.63, 3.8) is 0 Å². The SMILES string of the molecule is CBc1cc(C)c(OC)c(CC(=O)O)c1. The Labute approximate surface area is 90.3 Å². The van der Waals surface area contributed by atoms with Gasteiger partial charge in [0.05, 0.1) is 13.5 Å². The summed E-state index contributed by atoms with van der Waals surface area (Å²) in [5, 5.41) is 8.79. The van der Waals surface area contributed by atoms with Crippen molar-refractivity contribution >= 4 is 18.7 Å². The van der Waals surface area contributed by atoms with E-state index in [-0.39, 0.29) is 6.42 Å². The Morgan fingerprint density at radius 3 is 2.67 bits per heavy atom. The second-order valence-corrected chi connectivity index (χ2v) is 3.53. The quantitative estimate of drug-likeness (QED) is 0.739. The standard InChI is InChI=1S/C11H15BO3/c1-7-4-9(12-2)5-8(6-10(13)14)11(7)15-3/h4-5,12H,6H2,1-3H3,(H,13,14). The Morgan fingerprint density at radius 2 is 2.20 bits per heavy atom. The van der Waals surface area contributed by atoms with Gasteiger partial charge < -0.3 is 9.84 Å². The van der Waals surface area contributed by atoms with Crippen molar-refractivity contribution in [2.45, 2.75) is 20.2 Å². The Hall–Kier alpha value is -1.45. The van der Waals surface area contributed by atoms with Gasteiger partial charge >= 0.3 is 5.97 Å². The number of carboxylic acids is 1. The second kappa shape index (κ2) is 4.87. The molecule has 0 radical (unpaired) electrons. The number of aliphatic carboxylic acids is 1. The van der Waals surface area contributed by atoms with Gasteiger partial charge in [-0.2, -0.15) is 0 Å². The van der Waals surface area contributed by atoms with E-state index in [0.717, 1.165) is 23.9 Å². The first-order valence-electron chi connectivity index (χ1n) is 4.96. The number of carbonyl (C=O) groups is 1. The number of benzene rings is 1. The van der Waals surface area contributed by atoms with Crippen molar-refractivity contribution in [2.24, 2.45) is 0 Å². The van der Waals surface area contributed by atoms with Crippen LogP contribution in [-0.4, -0.2) is 25.5 Å². The summed E-state index contributed by atoms with van der Waals surface area (Å²) >= 11 is 0. The van der Waals surface area contributed by atoms with Crippen molar-refractivity contribution in [2.75, 3.05) is 7.11 Å². The number of carboxylic acid groups (broad SMARTS) is 1. The van der Waals surface area contributed by atoms with E-state index in [1.165, 1.54) is 0 Å². The fraction of sp³-hybridized carbons (Fsp3) is 0.364. The zero-order chi connectivity index (χ0) is 11.4. The molecule has 0 bridgehead atoms. The number of aryl methyl sites for hydroxylation is 1. The molecule has 0 aliphatic rings. The van der Waals surface area contributed by atoms with Crippen LogP contribution in [0.1, 0.15) is 11.1 Å². The van der Waals surface area contributed by atoms with Crippen molar-refractivity contribution in [1.29, 1.82) is 0 Å². The summed E-state index contributed by atoms with van der Waals surface area (Å²) in [7, 11) is 2.47. The highest BCUT2D eigenvalue weighted by atomic mass is 16.5. The summed E-state index contributed by atoms with van der Waals surface area (Å²) in [6, 6.07) is 3.93. The van der Waals surface area contributed by atoms with E-state index in [1.54, 1.807) is 7.11 Å². The summed E-state index contributed by atoms with van der Waals surface area (Å²) in [6.07, 6.45) is 0.0118. The van der Waals surface area contributed by atoms with Gasteiger partial charge in [0.2, 0.25) is 0 Å². The minimum atomic E-state index is -0.832. The second-order valence-electron chi connectivity index (χ2n) is 3.53. The van der Waals surface area contributed by atoms with Crippen LogP contribution in [0.5, 0.6) is 5.75 Å². The van der Waals surface area contributed by atoms with Gasteiger partial charge in [0.1, 0.15) is 5.75 Å². The molecule has 0 aliphatic carbocycles. The molecule has 4 heteroatoms. The molecule has 1 aromatic carbocycles. The molecule has 0 amide bonds. The van der Waals surface area contributed by atoms with E-state index >= 15 is 0 Å². The molecule has 0 fully saturated rings. The third-order valence-corrected chi connectivity index (χ3v) is 2.37. The molecule has 0 aliphatic heterocycles. The van der Waals surface area contributed by atoms with E-state index in [4.69, 9.17) is 9.84 Å². The highest BCUT2D eigenvalue weighted by molar-refractivity contribution is 6.52. The lowest BCUT2D eigenvalue weighted by Crippen LogP contribution is -2.15. The van der Waals surface area contributed by atoms with E-state index in [9.17, 15) is 4.79 Å². The molecule has 80 valence electrons. The minimum absolute atomic E-state index is 0.0118. The largest absolute Gasteiger partial charge is 0.496 e. The molecular formula is C11H15BO3. The van der Waals surface area contributed by atoms with Crippen molar-refractivity contribution in [1.82, 2.24) is 0 Å². The van der Waals surface area contributed by atoms with Crippen LogP contribution >= 0.6 is 0 Å². The first kappa shape index (κ1) is 11.6. The smallest absolute Gasteiger partial charge is 0.307 e. The molecule has 0 heterocycles. The van der Waals surface area contributed by atoms with Crippen molar-refractivity contribution < 1.29 is 14.6 Å². The van der Waals surface area contributed by atoms with Gasteiger partial charge in [-0.3, -0.25) is 4.79 Å². The predicted molar refractivity (Wildman–Crippen MR) is 61.7 cm³/mol. The highest BCUT2D eigenvalue weighted by Crippen LogP contribution is 2.22. The fourth-order valence-electron chi connectivity index (χ4n) is 1.72. The molecule has 1 N–H and O–H groups in total. The van der Waals surface area contributed by atoms with Crippen LogP contribution in [0.15, 0.2) is 12.1 Å². The van der Waals surface area contributed by atoms with Crippen LogP contribution in [-0.2, 0) is 11.2 Å². The van der Waals surface area contributed by atoms with Gasteiger partial charge in [-0.25, -0.2) is 0 Å². The van der Waals surface area contributed by atoms with Crippen LogP contribution < -0.4 is 10.2 Å². The van der Waals surface area contributed by atoms with Crippen LogP contribution in [0.25, 0.3) is 0 Å². The van der Waals surface area contributed by atoms with Gasteiger partial charge in [0.15, 0.2) is 7.28 Å². The zero-order valence-electron chi connectivity index (χ0n) is 9.33. The molecule has 0 unspecified atom stereocenters. The molecule has 0 saturated carbocycles. The summed E-state index contributed by atoms with van der Waals surface area (Å²) < 4.78 is 5.21. The lowest BCUT2D eigenvalue weighted by atomic mass is 9.72. The Morgan fingerprint density at radius 1 is 1.53 bits per heavy atom. The molecule has 1 rings (SSSR count). The molecule has 15 heavy (non-hydrogen) atoms. The first-order valence-corrected chi connectivity index (χ1v) is 4.96. The summed E-state index contributed by atoms with van der Waals surface area (Å²) in [4.78, 5) is 10.7. The maximum absolute atomic E-state index is 10.7. The third kappa shape index (κ3) is 2.75. The van der Waals surface area contributed by atoms with E-state index in [2.05, 4.69) is 0 Å². The maximum Gasteiger partial charge on any atom is 0.307 e. The Balaban J connectivity index is 3.19. The van der Waals surface area contributed by atoms with Gasteiger partial charge in [-0.1, -0.05) is 24.4 Å². The Kier molecular flexibility index (Phi) is 3.77. The average molecular weight is 206 g/mol. The van der Waals surface area contributed by atoms with Gasteiger partial charge in [-0.15, -0.1) is 0 Å². The summed E-state index contributed by atoms with van der Waals surface area (Å²) in [5.74, 6) is -0.143. The topological polar surface area (TPSA) is 46.5 Å². The molecule has 1 aromatic rings. The zero-order valence-corrected chi connectivity index (χ0v) is 9.33. The van der Waals surface area contributed by atoms with Crippen molar-refractivity contribution in [3.8, 4) is 5.75 Å². The molecule has 0 aromatic heterocycles. The third-order valence-electron chi connectivity index (χ3n) is 2.37. The summed E-state index contributed by atoms with van der Waals surface area (Å²) in [6.45, 7) is 3.98. The van der Waals surface area contributed by atoms with Crippen LogP contribution in [0.4, 0.5) is 0 Å². The van der Waals surface area contributed by atoms with Crippen molar-refractivity contribution in [3.05, 3.63) is 23.3 Å². The molecule has 3 nitrogen and oxygen atoms in total. The van der Waals surface area contributed by atoms with Gasteiger partial charge in [0, 0.05) is 5.56 Å². The van der Waals surface area contributed by atoms with Gasteiger partial charge in [-0.05, 0) is 12.5 Å². The minimum Gasteiger partial charge on any atom is -0.496 e. The van der Waals surface area contributed by atoms with Crippen LogP contribution in [0, 0.1) is 6.92 Å². The average Bonchev–Trinajstić information content (AvgIpc) is 2.16. The van der Waals surface area contributed by atoms with E-state index < -0.39 is 5.97 Å². The first-order chi connectivity index (χ1) is 7.08. The predicted octanol–water partition coefficient (Wildman–Crippen LogP) is 0.741. The lowest BCUT2D eigenvalue weighted by molar-refractivity contribution is -0.136. The highest BCUT2D eigenvalue weighted by Gasteiger charge is 2.11. The number of ether oxygens (including phenoxy) is 1. The molecule has 0 saturated heterocycles. The van der Waals surface area contributed by atoms with Crippen LogP contribution in [0.3, 0.4) is 0 Å². The maximum atomic E-state index is 10.7.